The number of methoxy groups -OCH3 is 4. The molecule has 2 aromatic carbocycles. The van der Waals surface area contributed by atoms with Gasteiger partial charge >= 0.3 is 0 Å². The van der Waals surface area contributed by atoms with Crippen molar-refractivity contribution in [1.29, 1.82) is 0 Å². The van der Waals surface area contributed by atoms with E-state index in [9.17, 15) is 9.59 Å². The number of carbonyl (C=O) groups is 2. The average Bonchev–Trinajstić information content (AvgIpc) is 3.35. The summed E-state index contributed by atoms with van der Waals surface area (Å²) < 4.78 is 21.5. The minimum atomic E-state index is -0.435. The fourth-order valence-corrected chi connectivity index (χ4v) is 4.01. The number of benzene rings is 2. The van der Waals surface area contributed by atoms with Crippen molar-refractivity contribution in [1.82, 2.24) is 9.91 Å². The molecule has 1 aliphatic heterocycles. The Hall–Kier alpha value is -3.59. The Balaban J connectivity index is 2.00. The van der Waals surface area contributed by atoms with Crippen molar-refractivity contribution in [2.75, 3.05) is 48.1 Å². The van der Waals surface area contributed by atoms with Gasteiger partial charge in [0.1, 0.15) is 23.8 Å². The Kier molecular flexibility index (Phi) is 9.08. The fraction of sp³-hybridized carbons (Fsp3) is 0.423. The normalized spacial score (nSPS) is 14.9. The van der Waals surface area contributed by atoms with Crippen molar-refractivity contribution in [2.45, 2.75) is 25.8 Å². The Labute approximate surface area is 206 Å². The summed E-state index contributed by atoms with van der Waals surface area (Å²) in [6.45, 7) is 2.33. The molecule has 0 spiro atoms. The maximum Gasteiger partial charge on any atom is 0.262 e. The molecule has 0 fully saturated rings. The van der Waals surface area contributed by atoms with Crippen LogP contribution < -0.4 is 14.2 Å². The van der Waals surface area contributed by atoms with Crippen LogP contribution in [0.4, 0.5) is 0 Å². The molecular weight excluding hydrogens is 450 g/mol. The third-order valence-corrected chi connectivity index (χ3v) is 5.91. The minimum Gasteiger partial charge on any atom is -0.497 e. The number of ether oxygens (including phenoxy) is 4. The maximum absolute atomic E-state index is 13.6. The molecule has 0 aliphatic carbocycles. The van der Waals surface area contributed by atoms with Gasteiger partial charge < -0.3 is 23.8 Å². The van der Waals surface area contributed by atoms with Crippen LogP contribution in [0.15, 0.2) is 47.6 Å². The van der Waals surface area contributed by atoms with Gasteiger partial charge in [0.25, 0.3) is 5.91 Å². The van der Waals surface area contributed by atoms with Crippen LogP contribution in [-0.4, -0.2) is 75.6 Å². The second-order valence-electron chi connectivity index (χ2n) is 8.01. The van der Waals surface area contributed by atoms with Gasteiger partial charge in [-0.2, -0.15) is 5.10 Å². The van der Waals surface area contributed by atoms with Gasteiger partial charge in [0.2, 0.25) is 5.91 Å². The molecule has 1 atom stereocenters. The van der Waals surface area contributed by atoms with Gasteiger partial charge in [-0.25, -0.2) is 5.01 Å². The summed E-state index contributed by atoms with van der Waals surface area (Å²) in [5.41, 5.74) is 2.36. The third-order valence-electron chi connectivity index (χ3n) is 5.91. The molecule has 1 heterocycles. The van der Waals surface area contributed by atoms with E-state index in [4.69, 9.17) is 24.0 Å². The molecule has 0 saturated heterocycles. The fourth-order valence-electron chi connectivity index (χ4n) is 4.01. The van der Waals surface area contributed by atoms with Crippen molar-refractivity contribution in [3.8, 4) is 17.2 Å². The van der Waals surface area contributed by atoms with Crippen LogP contribution in [-0.2, 0) is 14.3 Å². The summed E-state index contributed by atoms with van der Waals surface area (Å²) in [6.07, 6.45) is 0.755. The highest BCUT2D eigenvalue weighted by atomic mass is 16.5. The molecule has 0 N–H and O–H groups in total. The lowest BCUT2D eigenvalue weighted by Gasteiger charge is -2.27. The van der Waals surface area contributed by atoms with E-state index in [0.29, 0.717) is 43.2 Å². The number of amides is 2. The molecule has 0 bridgehead atoms. The summed E-state index contributed by atoms with van der Waals surface area (Å²) in [6, 6.07) is 12.6. The molecule has 9 heteroatoms. The maximum atomic E-state index is 13.6. The van der Waals surface area contributed by atoms with E-state index in [1.54, 1.807) is 41.4 Å². The zero-order valence-electron chi connectivity index (χ0n) is 20.9. The van der Waals surface area contributed by atoms with Crippen LogP contribution in [0, 0.1) is 0 Å². The molecule has 9 nitrogen and oxygen atoms in total. The van der Waals surface area contributed by atoms with Gasteiger partial charge in [-0.15, -0.1) is 0 Å². The van der Waals surface area contributed by atoms with Crippen molar-refractivity contribution in [3.05, 3.63) is 53.6 Å². The summed E-state index contributed by atoms with van der Waals surface area (Å²) in [5, 5.41) is 6.17. The lowest BCUT2D eigenvalue weighted by atomic mass is 9.97. The van der Waals surface area contributed by atoms with Crippen molar-refractivity contribution in [2.24, 2.45) is 5.10 Å². The molecule has 3 rings (SSSR count). The van der Waals surface area contributed by atoms with E-state index in [1.807, 2.05) is 36.4 Å². The van der Waals surface area contributed by atoms with E-state index >= 15 is 0 Å². The molecule has 35 heavy (non-hydrogen) atoms. The molecular formula is C26H33N3O6. The van der Waals surface area contributed by atoms with Gasteiger partial charge in [-0.05, 0) is 30.3 Å². The van der Waals surface area contributed by atoms with Crippen LogP contribution in [0.2, 0.25) is 0 Å². The number of hydrogen-bond acceptors (Lipinski definition) is 7. The summed E-state index contributed by atoms with van der Waals surface area (Å²) in [7, 11) is 6.34. The van der Waals surface area contributed by atoms with Gasteiger partial charge in [-0.3, -0.25) is 9.59 Å². The molecule has 0 saturated carbocycles. The Bertz CT molecular complexity index is 1070. The number of nitrogens with zero attached hydrogens (tertiary/aromatic N) is 3. The smallest absolute Gasteiger partial charge is 0.262 e. The highest BCUT2D eigenvalue weighted by molar-refractivity contribution is 6.03. The van der Waals surface area contributed by atoms with Crippen molar-refractivity contribution in [3.63, 3.8) is 0 Å². The molecule has 0 aromatic heterocycles. The van der Waals surface area contributed by atoms with Gasteiger partial charge in [0.15, 0.2) is 0 Å². The quantitative estimate of drug-likeness (QED) is 0.487. The minimum absolute atomic E-state index is 0.103. The molecule has 2 aromatic rings. The lowest BCUT2D eigenvalue weighted by Crippen LogP contribution is -2.42. The third kappa shape index (κ3) is 6.10. The van der Waals surface area contributed by atoms with E-state index < -0.39 is 6.04 Å². The summed E-state index contributed by atoms with van der Waals surface area (Å²) in [4.78, 5) is 27.5. The standard InChI is InChI=1S/C26H33N3O6/c1-6-25(30)28(12-13-32-2)17-26(31)29-23(21-15-20(34-4)10-11-24(21)35-5)16-22(27-29)18-8-7-9-19(14-18)33-3/h7-11,14-15,23H,6,12-13,16-17H2,1-5H3. The number of rotatable bonds is 11. The van der Waals surface area contributed by atoms with E-state index in [-0.39, 0.29) is 18.4 Å². The first-order valence-electron chi connectivity index (χ1n) is 11.5. The highest BCUT2D eigenvalue weighted by Gasteiger charge is 2.36. The topological polar surface area (TPSA) is 89.9 Å². The molecule has 0 radical (unpaired) electrons. The van der Waals surface area contributed by atoms with E-state index in [0.717, 1.165) is 16.8 Å². The SMILES string of the molecule is CCC(=O)N(CCOC)CC(=O)N1N=C(c2cccc(OC)c2)CC1c1cc(OC)ccc1OC. The zero-order chi connectivity index (χ0) is 25.4. The summed E-state index contributed by atoms with van der Waals surface area (Å²) >= 11 is 0. The Morgan fingerprint density at radius 2 is 1.77 bits per heavy atom. The predicted molar refractivity (Wildman–Crippen MR) is 132 cm³/mol. The Morgan fingerprint density at radius 3 is 2.43 bits per heavy atom. The molecule has 188 valence electrons. The lowest BCUT2D eigenvalue weighted by molar-refractivity contribution is -0.142. The van der Waals surface area contributed by atoms with Crippen molar-refractivity contribution < 1.29 is 28.5 Å². The van der Waals surface area contributed by atoms with E-state index in [1.165, 1.54) is 9.91 Å². The number of carbonyl (C=O) groups excluding carboxylic acids is 2. The predicted octanol–water partition coefficient (Wildman–Crippen LogP) is 3.28. The highest BCUT2D eigenvalue weighted by Crippen LogP contribution is 2.39. The average molecular weight is 484 g/mol. The molecule has 1 unspecified atom stereocenters. The molecule has 2 amide bonds. The largest absolute Gasteiger partial charge is 0.497 e. The Morgan fingerprint density at radius 1 is 1.03 bits per heavy atom. The number of hydrogen-bond donors (Lipinski definition) is 0. The monoisotopic (exact) mass is 483 g/mol. The first-order chi connectivity index (χ1) is 16.9. The van der Waals surface area contributed by atoms with Crippen LogP contribution >= 0.6 is 0 Å². The van der Waals surface area contributed by atoms with Gasteiger partial charge in [0.05, 0.1) is 39.7 Å². The molecule has 1 aliphatic rings. The summed E-state index contributed by atoms with van der Waals surface area (Å²) in [5.74, 6) is 1.55. The first kappa shape index (κ1) is 26.0. The second-order valence-corrected chi connectivity index (χ2v) is 8.01. The second kappa shape index (κ2) is 12.2. The van der Waals surface area contributed by atoms with Gasteiger partial charge in [-0.1, -0.05) is 19.1 Å². The van der Waals surface area contributed by atoms with Gasteiger partial charge in [0, 0.05) is 37.6 Å². The number of hydrazone groups is 1. The van der Waals surface area contributed by atoms with Crippen molar-refractivity contribution >= 4 is 17.5 Å². The van der Waals surface area contributed by atoms with Crippen LogP contribution in [0.1, 0.15) is 36.9 Å². The van der Waals surface area contributed by atoms with Crippen LogP contribution in [0.3, 0.4) is 0 Å². The van der Waals surface area contributed by atoms with Crippen LogP contribution in [0.25, 0.3) is 0 Å². The van der Waals surface area contributed by atoms with E-state index in [2.05, 4.69) is 0 Å². The first-order valence-corrected chi connectivity index (χ1v) is 11.5. The zero-order valence-corrected chi connectivity index (χ0v) is 20.9. The van der Waals surface area contributed by atoms with Crippen LogP contribution in [0.5, 0.6) is 17.2 Å².